The molecule has 4 aromatic rings. The highest BCUT2D eigenvalue weighted by Crippen LogP contribution is 2.33. The lowest BCUT2D eigenvalue weighted by atomic mass is 10.2. The molecule has 0 spiro atoms. The quantitative estimate of drug-likeness (QED) is 0.301. The standard InChI is InChI=1S/C24H24ClN3O2S2/c1-3-13-26(14-4-2)20(29)15-27-22-21(16-9-11-17(25)12-10-16)32-24(31)28(22)19-8-6-5-7-18(19)23(27)30/h5-12H,3-4,13-15H2,1-2H3. The molecule has 0 aliphatic carbocycles. The van der Waals surface area contributed by atoms with E-state index in [2.05, 4.69) is 0 Å². The van der Waals surface area contributed by atoms with Gasteiger partial charge >= 0.3 is 0 Å². The van der Waals surface area contributed by atoms with Crippen LogP contribution in [0, 0.1) is 3.95 Å². The molecule has 2 aromatic heterocycles. The number of rotatable bonds is 7. The van der Waals surface area contributed by atoms with Crippen molar-refractivity contribution in [1.82, 2.24) is 13.9 Å². The molecule has 8 heteroatoms. The molecule has 0 atom stereocenters. The number of para-hydroxylation sites is 1. The largest absolute Gasteiger partial charge is 0.341 e. The molecule has 5 nitrogen and oxygen atoms in total. The van der Waals surface area contributed by atoms with Crippen molar-refractivity contribution in [1.29, 1.82) is 0 Å². The van der Waals surface area contributed by atoms with Crippen LogP contribution in [0.3, 0.4) is 0 Å². The SMILES string of the molecule is CCCN(CCC)C(=O)Cn1c(=O)c2ccccc2n2c(=S)sc(-c3ccc(Cl)cc3)c12. The van der Waals surface area contributed by atoms with Crippen LogP contribution in [-0.2, 0) is 11.3 Å². The van der Waals surface area contributed by atoms with E-state index in [0.717, 1.165) is 28.8 Å². The van der Waals surface area contributed by atoms with E-state index in [1.807, 2.05) is 65.6 Å². The fraction of sp³-hybridized carbons (Fsp3) is 0.292. The number of carbonyl (C=O) groups is 1. The van der Waals surface area contributed by atoms with Crippen molar-refractivity contribution in [2.24, 2.45) is 0 Å². The molecule has 0 unspecified atom stereocenters. The molecule has 166 valence electrons. The van der Waals surface area contributed by atoms with Gasteiger partial charge in [-0.15, -0.1) is 11.3 Å². The zero-order valence-electron chi connectivity index (χ0n) is 18.0. The Hall–Kier alpha value is -2.48. The summed E-state index contributed by atoms with van der Waals surface area (Å²) in [6.07, 6.45) is 1.74. The Kier molecular flexibility index (Phi) is 6.79. The van der Waals surface area contributed by atoms with E-state index in [-0.39, 0.29) is 18.0 Å². The first-order valence-corrected chi connectivity index (χ1v) is 12.3. The van der Waals surface area contributed by atoms with Crippen molar-refractivity contribution in [3.8, 4) is 10.4 Å². The molecule has 0 N–H and O–H groups in total. The van der Waals surface area contributed by atoms with Gasteiger partial charge in [0.05, 0.1) is 15.8 Å². The van der Waals surface area contributed by atoms with Crippen LogP contribution in [0.5, 0.6) is 0 Å². The lowest BCUT2D eigenvalue weighted by Crippen LogP contribution is -2.38. The molecular weight excluding hydrogens is 462 g/mol. The lowest BCUT2D eigenvalue weighted by molar-refractivity contribution is -0.131. The normalized spacial score (nSPS) is 11.3. The minimum atomic E-state index is -0.190. The van der Waals surface area contributed by atoms with E-state index >= 15 is 0 Å². The van der Waals surface area contributed by atoms with Crippen molar-refractivity contribution in [3.05, 3.63) is 67.9 Å². The van der Waals surface area contributed by atoms with E-state index in [0.29, 0.717) is 33.1 Å². The van der Waals surface area contributed by atoms with Gasteiger partial charge in [0.15, 0.2) is 3.95 Å². The number of carbonyl (C=O) groups excluding carboxylic acids is 1. The summed E-state index contributed by atoms with van der Waals surface area (Å²) in [6, 6.07) is 14.9. The fourth-order valence-electron chi connectivity index (χ4n) is 3.99. The van der Waals surface area contributed by atoms with Crippen molar-refractivity contribution in [2.45, 2.75) is 33.2 Å². The molecule has 0 fully saturated rings. The topological polar surface area (TPSA) is 46.7 Å². The summed E-state index contributed by atoms with van der Waals surface area (Å²) >= 11 is 13.2. The fourth-order valence-corrected chi connectivity index (χ4v) is 5.54. The first-order valence-electron chi connectivity index (χ1n) is 10.7. The number of hydrogen-bond acceptors (Lipinski definition) is 4. The predicted molar refractivity (Wildman–Crippen MR) is 135 cm³/mol. The second-order valence-electron chi connectivity index (χ2n) is 7.65. The van der Waals surface area contributed by atoms with Crippen molar-refractivity contribution < 1.29 is 4.79 Å². The molecule has 0 aliphatic rings. The lowest BCUT2D eigenvalue weighted by Gasteiger charge is -2.22. The smallest absolute Gasteiger partial charge is 0.262 e. The Labute approximate surface area is 200 Å². The number of hydrogen-bond donors (Lipinski definition) is 0. The highest BCUT2D eigenvalue weighted by Gasteiger charge is 2.21. The third-order valence-corrected chi connectivity index (χ3v) is 7.07. The zero-order chi connectivity index (χ0) is 22.8. The first kappa shape index (κ1) is 22.7. The van der Waals surface area contributed by atoms with E-state index in [1.54, 1.807) is 10.6 Å². The van der Waals surface area contributed by atoms with E-state index in [1.165, 1.54) is 11.3 Å². The highest BCUT2D eigenvalue weighted by atomic mass is 35.5. The number of benzene rings is 2. The number of aromatic nitrogens is 2. The average molecular weight is 486 g/mol. The molecule has 0 saturated carbocycles. The second-order valence-corrected chi connectivity index (χ2v) is 9.73. The maximum absolute atomic E-state index is 13.6. The van der Waals surface area contributed by atoms with Crippen LogP contribution in [-0.4, -0.2) is 32.9 Å². The molecule has 0 radical (unpaired) electrons. The Morgan fingerprint density at radius 3 is 2.38 bits per heavy atom. The molecule has 0 aliphatic heterocycles. The van der Waals surface area contributed by atoms with Gasteiger partial charge in [0.25, 0.3) is 5.56 Å². The maximum atomic E-state index is 13.6. The molecule has 2 heterocycles. The molecule has 0 saturated heterocycles. The Bertz CT molecular complexity index is 1400. The van der Waals surface area contributed by atoms with Crippen LogP contribution in [0.4, 0.5) is 0 Å². The number of amides is 1. The second kappa shape index (κ2) is 9.57. The summed E-state index contributed by atoms with van der Waals surface area (Å²) < 4.78 is 4.12. The monoisotopic (exact) mass is 485 g/mol. The van der Waals surface area contributed by atoms with Crippen LogP contribution < -0.4 is 5.56 Å². The van der Waals surface area contributed by atoms with Crippen LogP contribution in [0.1, 0.15) is 26.7 Å². The third-order valence-electron chi connectivity index (χ3n) is 5.40. The predicted octanol–water partition coefficient (Wildman–Crippen LogP) is 6.01. The highest BCUT2D eigenvalue weighted by molar-refractivity contribution is 7.73. The van der Waals surface area contributed by atoms with Crippen molar-refractivity contribution in [2.75, 3.05) is 13.1 Å². The van der Waals surface area contributed by atoms with Crippen LogP contribution in [0.2, 0.25) is 5.02 Å². The van der Waals surface area contributed by atoms with Crippen LogP contribution >= 0.6 is 35.2 Å². The van der Waals surface area contributed by atoms with Crippen molar-refractivity contribution in [3.63, 3.8) is 0 Å². The summed E-state index contributed by atoms with van der Waals surface area (Å²) in [4.78, 5) is 29.5. The van der Waals surface area contributed by atoms with Gasteiger partial charge in [-0.05, 0) is 54.9 Å². The Balaban J connectivity index is 2.00. The number of nitrogens with zero attached hydrogens (tertiary/aromatic N) is 3. The van der Waals surface area contributed by atoms with Crippen molar-refractivity contribution >= 4 is 57.6 Å². The van der Waals surface area contributed by atoms with Gasteiger partial charge in [-0.1, -0.05) is 49.7 Å². The average Bonchev–Trinajstić information content (AvgIpc) is 3.14. The van der Waals surface area contributed by atoms with E-state index in [4.69, 9.17) is 23.8 Å². The summed E-state index contributed by atoms with van der Waals surface area (Å²) in [5.41, 5.74) is 2.11. The molecule has 4 rings (SSSR count). The Morgan fingerprint density at radius 2 is 1.72 bits per heavy atom. The summed E-state index contributed by atoms with van der Waals surface area (Å²) in [7, 11) is 0. The first-order chi connectivity index (χ1) is 15.5. The van der Waals surface area contributed by atoms with E-state index < -0.39 is 0 Å². The zero-order valence-corrected chi connectivity index (χ0v) is 20.4. The summed E-state index contributed by atoms with van der Waals surface area (Å²) in [6.45, 7) is 5.41. The van der Waals surface area contributed by atoms with Gasteiger partial charge in [-0.2, -0.15) is 0 Å². The number of fused-ring (bicyclic) bond motifs is 3. The number of thiazole rings is 1. The van der Waals surface area contributed by atoms with Gasteiger partial charge in [0.2, 0.25) is 5.91 Å². The maximum Gasteiger partial charge on any atom is 0.262 e. The summed E-state index contributed by atoms with van der Waals surface area (Å²) in [5.74, 6) is -0.0628. The Morgan fingerprint density at radius 1 is 1.06 bits per heavy atom. The molecule has 2 aromatic carbocycles. The third kappa shape index (κ3) is 4.12. The van der Waals surface area contributed by atoms with Crippen LogP contribution in [0.15, 0.2) is 53.3 Å². The van der Waals surface area contributed by atoms with Gasteiger partial charge in [-0.3, -0.25) is 18.6 Å². The van der Waals surface area contributed by atoms with Gasteiger partial charge in [0.1, 0.15) is 12.2 Å². The molecule has 32 heavy (non-hydrogen) atoms. The van der Waals surface area contributed by atoms with Gasteiger partial charge in [0, 0.05) is 18.1 Å². The summed E-state index contributed by atoms with van der Waals surface area (Å²) in [5, 5.41) is 1.18. The molecular formula is C24H24ClN3O2S2. The molecule has 0 bridgehead atoms. The molecule has 1 amide bonds. The van der Waals surface area contributed by atoms with Gasteiger partial charge < -0.3 is 4.90 Å². The van der Waals surface area contributed by atoms with Gasteiger partial charge in [-0.25, -0.2) is 0 Å². The van der Waals surface area contributed by atoms with E-state index in [9.17, 15) is 9.59 Å². The minimum absolute atomic E-state index is 0.0285. The minimum Gasteiger partial charge on any atom is -0.341 e. The number of halogens is 1. The van der Waals surface area contributed by atoms with Crippen LogP contribution in [0.25, 0.3) is 27.0 Å².